The first-order valence-corrected chi connectivity index (χ1v) is 15.9. The molecule has 2 amide bonds. The number of hydrogen-bond acceptors (Lipinski definition) is 7. The highest BCUT2D eigenvalue weighted by atomic mass is 35.5. The van der Waals surface area contributed by atoms with Crippen LogP contribution in [0.5, 0.6) is 0 Å². The Bertz CT molecular complexity index is 1850. The van der Waals surface area contributed by atoms with Crippen molar-refractivity contribution in [2.45, 2.75) is 71.1 Å². The molecule has 1 saturated carbocycles. The Morgan fingerprint density at radius 2 is 1.90 bits per heavy atom. The molecule has 6 rings (SSSR count). The molecule has 3 heterocycles. The summed E-state index contributed by atoms with van der Waals surface area (Å²) < 4.78 is 32.5. The second-order valence-corrected chi connectivity index (χ2v) is 13.8. The summed E-state index contributed by atoms with van der Waals surface area (Å²) in [5, 5.41) is 27.4. The van der Waals surface area contributed by atoms with Gasteiger partial charge >= 0.3 is 12.6 Å². The molecule has 4 N–H and O–H groups in total. The van der Waals surface area contributed by atoms with Crippen molar-refractivity contribution in [3.05, 3.63) is 76.8 Å². The number of rotatable bonds is 10. The topological polar surface area (TPSA) is 154 Å². The molecule has 1 saturated heterocycles. The van der Waals surface area contributed by atoms with E-state index in [0.29, 0.717) is 55.6 Å². The minimum Gasteiger partial charge on any atom is -0.447 e. The van der Waals surface area contributed by atoms with Crippen molar-refractivity contribution in [1.29, 1.82) is 5.41 Å². The van der Waals surface area contributed by atoms with Crippen LogP contribution in [-0.4, -0.2) is 60.5 Å². The van der Waals surface area contributed by atoms with E-state index in [1.807, 2.05) is 20.8 Å². The molecule has 12 nitrogen and oxygen atoms in total. The second kappa shape index (κ2) is 12.6. The first-order valence-electron chi connectivity index (χ1n) is 15.5. The number of carbonyl (C=O) groups excluding carboxylic acids is 2. The minimum atomic E-state index is -2.77. The molecule has 1 aliphatic carbocycles. The number of alkyl carbamates (subject to hydrolysis) is 1. The number of H-pyrrole nitrogens is 1. The SMILES string of the molecule is Cc1nnc(-c2cc([C@@H](COC(=O)NC3CC3)N3C(=N)N[C@](CC(C)(C)C)(c4ccc(-c5cnn(C(F)F)c5)cc4)C3=O)ccc2Cl)[nH]1. The van der Waals surface area contributed by atoms with Gasteiger partial charge in [-0.25, -0.2) is 9.48 Å². The predicted molar refractivity (Wildman–Crippen MR) is 174 cm³/mol. The lowest BCUT2D eigenvalue weighted by Gasteiger charge is -2.35. The fraction of sp³-hybridized carbons (Fsp3) is 0.394. The summed E-state index contributed by atoms with van der Waals surface area (Å²) in [6.07, 6.45) is 4.05. The average molecular weight is 680 g/mol. The normalized spacial score (nSPS) is 18.7. The van der Waals surface area contributed by atoms with Gasteiger partial charge in [-0.3, -0.25) is 15.1 Å². The molecule has 0 unspecified atom stereocenters. The zero-order valence-electron chi connectivity index (χ0n) is 26.9. The summed E-state index contributed by atoms with van der Waals surface area (Å²) in [5.74, 6) is 0.427. The zero-order valence-corrected chi connectivity index (χ0v) is 27.6. The van der Waals surface area contributed by atoms with Crippen molar-refractivity contribution in [1.82, 2.24) is 40.5 Å². The number of halogens is 3. The lowest BCUT2D eigenvalue weighted by molar-refractivity contribution is -0.134. The van der Waals surface area contributed by atoms with E-state index in [0.717, 1.165) is 12.8 Å². The van der Waals surface area contributed by atoms with E-state index in [2.05, 4.69) is 30.9 Å². The van der Waals surface area contributed by atoms with Crippen LogP contribution >= 0.6 is 11.6 Å². The number of hydrogen-bond donors (Lipinski definition) is 4. The predicted octanol–water partition coefficient (Wildman–Crippen LogP) is 6.32. The third-order valence-corrected chi connectivity index (χ3v) is 8.61. The monoisotopic (exact) mass is 679 g/mol. The van der Waals surface area contributed by atoms with E-state index >= 15 is 0 Å². The molecule has 2 aliphatic rings. The summed E-state index contributed by atoms with van der Waals surface area (Å²) in [4.78, 5) is 31.9. The molecule has 0 radical (unpaired) electrons. The van der Waals surface area contributed by atoms with Gasteiger partial charge in [0.25, 0.3) is 5.91 Å². The first-order chi connectivity index (χ1) is 22.7. The summed E-state index contributed by atoms with van der Waals surface area (Å²) in [6.45, 7) is 4.74. The Kier molecular flexibility index (Phi) is 8.71. The van der Waals surface area contributed by atoms with Crippen molar-refractivity contribution < 1.29 is 23.1 Å². The molecular weight excluding hydrogens is 644 g/mol. The molecule has 2 aromatic heterocycles. The number of carbonyl (C=O) groups is 2. The maximum absolute atomic E-state index is 14.8. The van der Waals surface area contributed by atoms with E-state index < -0.39 is 30.1 Å². The Balaban J connectivity index is 1.38. The largest absolute Gasteiger partial charge is 0.447 e. The summed E-state index contributed by atoms with van der Waals surface area (Å²) in [7, 11) is 0. The summed E-state index contributed by atoms with van der Waals surface area (Å²) in [5.41, 5.74) is 1.05. The van der Waals surface area contributed by atoms with Gasteiger partial charge < -0.3 is 20.4 Å². The van der Waals surface area contributed by atoms with Crippen molar-refractivity contribution >= 4 is 29.6 Å². The Hall–Kier alpha value is -4.85. The number of benzene rings is 2. The van der Waals surface area contributed by atoms with E-state index in [4.69, 9.17) is 21.7 Å². The molecular formula is C33H36ClF2N9O3. The van der Waals surface area contributed by atoms with Crippen LogP contribution in [-0.2, 0) is 15.1 Å². The Morgan fingerprint density at radius 3 is 2.50 bits per heavy atom. The van der Waals surface area contributed by atoms with Gasteiger partial charge in [0, 0.05) is 23.4 Å². The Labute approximate surface area is 280 Å². The van der Waals surface area contributed by atoms with Crippen LogP contribution in [0.3, 0.4) is 0 Å². The highest BCUT2D eigenvalue weighted by Gasteiger charge is 2.54. The van der Waals surface area contributed by atoms with Crippen molar-refractivity contribution in [2.24, 2.45) is 5.41 Å². The average Bonchev–Trinajstić information content (AvgIpc) is 3.40. The standard InChI is InChI=1S/C33H36ClF2N9O3/c1-18-39-27(43-42-18)24-13-20(7-12-25(24)34)26(16-48-31(47)40-23-10-11-23)45-28(46)33(41-30(45)37,17-32(2,3)4)22-8-5-19(6-9-22)21-14-38-44(15-21)29(35)36/h5-9,12-15,23,26,29H,10-11,16-17H2,1-4H3,(H2,37,41)(H,40,47)(H,39,42,43)/t26-,33-/m1/s1. The molecule has 48 heavy (non-hydrogen) atoms. The Morgan fingerprint density at radius 1 is 1.17 bits per heavy atom. The number of guanidine groups is 1. The lowest BCUT2D eigenvalue weighted by atomic mass is 9.75. The molecule has 0 spiro atoms. The fourth-order valence-electron chi connectivity index (χ4n) is 5.98. The molecule has 2 aromatic carbocycles. The number of aromatic amines is 1. The highest BCUT2D eigenvalue weighted by molar-refractivity contribution is 6.33. The van der Waals surface area contributed by atoms with Gasteiger partial charge in [0.15, 0.2) is 11.8 Å². The maximum Gasteiger partial charge on any atom is 0.407 e. The van der Waals surface area contributed by atoms with Crippen LogP contribution < -0.4 is 10.6 Å². The molecule has 15 heteroatoms. The van der Waals surface area contributed by atoms with E-state index in [1.165, 1.54) is 17.3 Å². The van der Waals surface area contributed by atoms with E-state index in [1.54, 1.807) is 49.4 Å². The number of alkyl halides is 2. The third-order valence-electron chi connectivity index (χ3n) is 8.28. The van der Waals surface area contributed by atoms with Crippen LogP contribution in [0.15, 0.2) is 54.9 Å². The van der Waals surface area contributed by atoms with Gasteiger partial charge in [-0.05, 0) is 60.4 Å². The molecule has 1 aliphatic heterocycles. The summed E-state index contributed by atoms with van der Waals surface area (Å²) in [6, 6.07) is 11.3. The van der Waals surface area contributed by atoms with Gasteiger partial charge in [-0.1, -0.05) is 62.7 Å². The molecule has 2 atom stereocenters. The second-order valence-electron chi connectivity index (χ2n) is 13.4. The quantitative estimate of drug-likeness (QED) is 0.153. The number of aryl methyl sites for hydroxylation is 1. The van der Waals surface area contributed by atoms with Gasteiger partial charge in [0.05, 0.1) is 17.3 Å². The molecule has 4 aromatic rings. The first kappa shape index (κ1) is 33.1. The number of aromatic nitrogens is 5. The fourth-order valence-corrected chi connectivity index (χ4v) is 6.19. The van der Waals surface area contributed by atoms with Crippen LogP contribution in [0.25, 0.3) is 22.5 Å². The van der Waals surface area contributed by atoms with Gasteiger partial charge in [-0.15, -0.1) is 10.2 Å². The smallest absolute Gasteiger partial charge is 0.407 e. The van der Waals surface area contributed by atoms with Crippen molar-refractivity contribution in [3.8, 4) is 22.5 Å². The number of ether oxygens (including phenoxy) is 1. The molecule has 252 valence electrons. The van der Waals surface area contributed by atoms with E-state index in [9.17, 15) is 18.4 Å². The van der Waals surface area contributed by atoms with Crippen molar-refractivity contribution in [3.63, 3.8) is 0 Å². The van der Waals surface area contributed by atoms with Gasteiger partial charge in [0.2, 0.25) is 0 Å². The van der Waals surface area contributed by atoms with Crippen LogP contribution in [0.1, 0.15) is 69.6 Å². The van der Waals surface area contributed by atoms with E-state index in [-0.39, 0.29) is 24.0 Å². The third kappa shape index (κ3) is 6.75. The highest BCUT2D eigenvalue weighted by Crippen LogP contribution is 2.43. The van der Waals surface area contributed by atoms with Gasteiger partial charge in [0.1, 0.15) is 18.0 Å². The van der Waals surface area contributed by atoms with Crippen LogP contribution in [0.4, 0.5) is 13.6 Å². The number of amides is 2. The van der Waals surface area contributed by atoms with Gasteiger partial charge in [-0.2, -0.15) is 13.9 Å². The van der Waals surface area contributed by atoms with Crippen molar-refractivity contribution in [2.75, 3.05) is 6.61 Å². The summed E-state index contributed by atoms with van der Waals surface area (Å²) >= 11 is 6.56. The molecule has 0 bridgehead atoms. The number of nitrogens with zero attached hydrogens (tertiary/aromatic N) is 5. The zero-order chi connectivity index (χ0) is 34.4. The van der Waals surface area contributed by atoms with Crippen LogP contribution in [0, 0.1) is 17.7 Å². The molecule has 2 fully saturated rings. The van der Waals surface area contributed by atoms with Crippen LogP contribution in [0.2, 0.25) is 5.02 Å². The minimum absolute atomic E-state index is 0.0632. The lowest BCUT2D eigenvalue weighted by Crippen LogP contribution is -2.47. The maximum atomic E-state index is 14.8. The number of nitrogens with one attached hydrogen (secondary N) is 4.